The van der Waals surface area contributed by atoms with Crippen molar-refractivity contribution < 1.29 is 0 Å². The summed E-state index contributed by atoms with van der Waals surface area (Å²) < 4.78 is 2.44. The fourth-order valence-corrected chi connectivity index (χ4v) is 15.5. The van der Waals surface area contributed by atoms with Crippen LogP contribution < -0.4 is 20.7 Å². The molecular weight excluding hydrogens is 787 g/mol. The third-order valence-electron chi connectivity index (χ3n) is 13.4. The maximum atomic E-state index is 2.53. The first-order valence-electron chi connectivity index (χ1n) is 22.2. The summed E-state index contributed by atoms with van der Waals surface area (Å²) in [5.74, 6) is 0. The summed E-state index contributed by atoms with van der Waals surface area (Å²) in [5, 5.41) is 6.88. The van der Waals surface area contributed by atoms with Gasteiger partial charge in [0.25, 0.3) is 0 Å². The molecule has 0 bridgehead atoms. The number of rotatable bonds is 8. The monoisotopic (exact) mass is 829 g/mol. The Morgan fingerprint density at radius 3 is 1.17 bits per heavy atom. The van der Waals surface area contributed by atoms with Crippen LogP contribution >= 0.6 is 0 Å². The normalized spacial score (nSPS) is 12.5. The zero-order valence-corrected chi connectivity index (χ0v) is 36.3. The molecule has 11 aromatic rings. The lowest BCUT2D eigenvalue weighted by Crippen LogP contribution is -2.72. The van der Waals surface area contributed by atoms with Crippen molar-refractivity contribution in [2.45, 2.75) is 0 Å². The number of benzene rings is 10. The van der Waals surface area contributed by atoms with Gasteiger partial charge in [-0.1, -0.05) is 231 Å². The fraction of sp³-hybridized carbons (Fsp3) is 0. The number of aromatic nitrogens is 1. The fourth-order valence-electron chi connectivity index (χ4n) is 10.2. The largest absolute Gasteiger partial charge is 0.316 e. The number of hydrogen-bond acceptors (Lipinski definition) is 0. The van der Waals surface area contributed by atoms with Crippen LogP contribution in [0.1, 0.15) is 0 Å². The van der Waals surface area contributed by atoms with Crippen LogP contribution in [0.15, 0.2) is 261 Å². The minimum absolute atomic E-state index is 1.16. The lowest BCUT2D eigenvalue weighted by Gasteiger charge is -2.32. The van der Waals surface area contributed by atoms with Crippen molar-refractivity contribution in [1.29, 1.82) is 0 Å². The molecule has 1 aliphatic rings. The molecule has 0 fully saturated rings. The predicted octanol–water partition coefficient (Wildman–Crippen LogP) is 13.3. The van der Waals surface area contributed by atoms with Crippen LogP contribution in [0, 0.1) is 0 Å². The topological polar surface area (TPSA) is 4.93 Å². The third kappa shape index (κ3) is 6.30. The van der Waals surface area contributed by atoms with Crippen LogP contribution in [0.2, 0.25) is 0 Å². The second-order valence-corrected chi connectivity index (χ2v) is 20.6. The molecule has 10 aromatic carbocycles. The Labute approximate surface area is 375 Å². The zero-order valence-electron chi connectivity index (χ0n) is 35.3. The molecule has 0 amide bonds. The van der Waals surface area contributed by atoms with E-state index in [2.05, 4.69) is 266 Å². The summed E-state index contributed by atoms with van der Waals surface area (Å²) in [6.45, 7) is 0. The second kappa shape index (κ2) is 15.7. The Kier molecular flexibility index (Phi) is 9.25. The minimum Gasteiger partial charge on any atom is -0.316 e. The van der Waals surface area contributed by atoms with Crippen LogP contribution in [0.5, 0.6) is 0 Å². The van der Waals surface area contributed by atoms with Gasteiger partial charge in [-0.15, -0.1) is 0 Å². The molecule has 0 saturated carbocycles. The molecule has 1 nitrogen and oxygen atoms in total. The smallest absolute Gasteiger partial charge is 0.180 e. The number of hydrogen-bond donors (Lipinski definition) is 0. The number of fused-ring (bicyclic) bond motifs is 4. The van der Waals surface area contributed by atoms with Gasteiger partial charge in [0.1, 0.15) is 0 Å². The first-order valence-corrected chi connectivity index (χ1v) is 24.2. The van der Waals surface area contributed by atoms with E-state index < -0.39 is 8.07 Å². The van der Waals surface area contributed by atoms with Crippen LogP contribution in [-0.2, 0) is 0 Å². The SMILES string of the molecule is c1ccc(-c2ccc(-c3ccc4c(c3)c(-c3ccc(-c5ccccc5)cc3)cn4-c3ccc4c(c3)[Si](c3ccccc3)(c3ccccc3)c3cc(-c5ccccc5)ccc3-4)cc2)cc1. The van der Waals surface area contributed by atoms with E-state index >= 15 is 0 Å². The van der Waals surface area contributed by atoms with Gasteiger partial charge >= 0.3 is 0 Å². The minimum atomic E-state index is -2.81. The maximum Gasteiger partial charge on any atom is 0.180 e. The van der Waals surface area contributed by atoms with Gasteiger partial charge in [-0.25, -0.2) is 0 Å². The van der Waals surface area contributed by atoms with E-state index in [0.29, 0.717) is 0 Å². The zero-order chi connectivity index (χ0) is 42.5. The highest BCUT2D eigenvalue weighted by atomic mass is 28.3. The van der Waals surface area contributed by atoms with Crippen molar-refractivity contribution in [2.24, 2.45) is 0 Å². The Morgan fingerprint density at radius 1 is 0.266 bits per heavy atom. The van der Waals surface area contributed by atoms with Crippen LogP contribution in [0.25, 0.3) is 83.4 Å². The van der Waals surface area contributed by atoms with Gasteiger partial charge < -0.3 is 4.57 Å². The molecule has 0 unspecified atom stereocenters. The van der Waals surface area contributed by atoms with Crippen LogP contribution in [0.3, 0.4) is 0 Å². The molecule has 0 aliphatic carbocycles. The summed E-state index contributed by atoms with van der Waals surface area (Å²) >= 11 is 0. The molecule has 64 heavy (non-hydrogen) atoms. The van der Waals surface area contributed by atoms with Gasteiger partial charge in [0, 0.05) is 22.8 Å². The highest BCUT2D eigenvalue weighted by Crippen LogP contribution is 2.39. The van der Waals surface area contributed by atoms with Gasteiger partial charge in [0.2, 0.25) is 0 Å². The van der Waals surface area contributed by atoms with Crippen molar-refractivity contribution in [3.05, 3.63) is 261 Å². The van der Waals surface area contributed by atoms with Crippen molar-refractivity contribution in [3.8, 4) is 72.4 Å². The van der Waals surface area contributed by atoms with E-state index in [-0.39, 0.29) is 0 Å². The highest BCUT2D eigenvalue weighted by molar-refractivity contribution is 7.22. The van der Waals surface area contributed by atoms with E-state index in [0.717, 1.165) is 5.69 Å². The molecule has 12 rings (SSSR count). The average molecular weight is 830 g/mol. The van der Waals surface area contributed by atoms with Gasteiger partial charge in [0.05, 0.1) is 5.52 Å². The van der Waals surface area contributed by atoms with Gasteiger partial charge in [-0.2, -0.15) is 0 Å². The Balaban J connectivity index is 1.06. The molecule has 1 aromatic heterocycles. The molecule has 2 heteroatoms. The van der Waals surface area contributed by atoms with Crippen molar-refractivity contribution in [3.63, 3.8) is 0 Å². The molecule has 2 heterocycles. The highest BCUT2D eigenvalue weighted by Gasteiger charge is 2.49. The first-order chi connectivity index (χ1) is 31.7. The number of nitrogens with zero attached hydrogens (tertiary/aromatic N) is 1. The van der Waals surface area contributed by atoms with Crippen molar-refractivity contribution >= 4 is 39.7 Å². The lowest BCUT2D eigenvalue weighted by molar-refractivity contribution is 1.13. The van der Waals surface area contributed by atoms with Crippen LogP contribution in [-0.4, -0.2) is 12.6 Å². The van der Waals surface area contributed by atoms with E-state index in [9.17, 15) is 0 Å². The molecular formula is C62H43NSi. The second-order valence-electron chi connectivity index (χ2n) is 16.9. The molecule has 1 aliphatic heterocycles. The summed E-state index contributed by atoms with van der Waals surface area (Å²) in [6, 6.07) is 94.3. The van der Waals surface area contributed by atoms with E-state index in [1.54, 1.807) is 0 Å². The summed E-state index contributed by atoms with van der Waals surface area (Å²) in [6.07, 6.45) is 2.37. The van der Waals surface area contributed by atoms with Gasteiger partial charge in [0.15, 0.2) is 8.07 Å². The van der Waals surface area contributed by atoms with Gasteiger partial charge in [-0.05, 0) is 106 Å². The van der Waals surface area contributed by atoms with Crippen LogP contribution in [0.4, 0.5) is 0 Å². The van der Waals surface area contributed by atoms with E-state index in [1.807, 2.05) is 0 Å². The molecule has 300 valence electrons. The van der Waals surface area contributed by atoms with Crippen molar-refractivity contribution in [2.75, 3.05) is 0 Å². The summed E-state index contributed by atoms with van der Waals surface area (Å²) in [7, 11) is -2.81. The quantitative estimate of drug-likeness (QED) is 0.134. The maximum absolute atomic E-state index is 2.81. The Morgan fingerprint density at radius 2 is 0.641 bits per heavy atom. The molecule has 0 atom stereocenters. The molecule has 0 spiro atoms. The Bertz CT molecular complexity index is 3390. The molecule has 0 N–H and O–H groups in total. The van der Waals surface area contributed by atoms with E-state index in [1.165, 1.54) is 98.4 Å². The lowest BCUT2D eigenvalue weighted by atomic mass is 9.97. The molecule has 0 saturated heterocycles. The summed E-state index contributed by atoms with van der Waals surface area (Å²) in [5.41, 5.74) is 17.2. The van der Waals surface area contributed by atoms with E-state index in [4.69, 9.17) is 0 Å². The predicted molar refractivity (Wildman–Crippen MR) is 273 cm³/mol. The molecule has 0 radical (unpaired) electrons. The van der Waals surface area contributed by atoms with Crippen molar-refractivity contribution in [1.82, 2.24) is 4.57 Å². The first kappa shape index (κ1) is 37.7. The third-order valence-corrected chi connectivity index (χ3v) is 18.2. The average Bonchev–Trinajstić information content (AvgIpc) is 3.91. The summed E-state index contributed by atoms with van der Waals surface area (Å²) in [4.78, 5) is 0. The Hall–Kier alpha value is -8.04. The van der Waals surface area contributed by atoms with Gasteiger partial charge in [-0.3, -0.25) is 0 Å². The standard InChI is InChI=1S/C62H43NSi/c1-6-16-44(17-7-1)47-26-28-49(29-27-47)51-35-39-60-58(40-51)59(50-32-30-48(31-33-50)45-18-8-2-9-19-45)43-63(60)53-36-38-57-56-37-34-52(46-20-10-3-11-21-46)41-61(56)64(62(57)42-53,54-22-12-4-13-23-54)55-24-14-5-15-25-55/h1-43H.